The molecule has 1 aliphatic heterocycles. The zero-order chi connectivity index (χ0) is 13.2. The van der Waals surface area contributed by atoms with Crippen LogP contribution in [-0.2, 0) is 0 Å². The van der Waals surface area contributed by atoms with Gasteiger partial charge in [0, 0.05) is 37.8 Å². The second-order valence-corrected chi connectivity index (χ2v) is 4.98. The lowest BCUT2D eigenvalue weighted by Gasteiger charge is -2.31. The second kappa shape index (κ2) is 5.23. The number of aromatic nitrogens is 1. The number of anilines is 1. The van der Waals surface area contributed by atoms with E-state index in [2.05, 4.69) is 15.2 Å². The molecule has 19 heavy (non-hydrogen) atoms. The number of nitrogens with one attached hydrogen (secondary N) is 1. The minimum atomic E-state index is 0.697. The molecule has 4 nitrogen and oxygen atoms in total. The van der Waals surface area contributed by atoms with Crippen LogP contribution < -0.4 is 15.0 Å². The summed E-state index contributed by atoms with van der Waals surface area (Å²) in [5, 5.41) is 5.10. The van der Waals surface area contributed by atoms with E-state index in [1.54, 1.807) is 13.3 Å². The van der Waals surface area contributed by atoms with Crippen LogP contribution >= 0.6 is 11.6 Å². The largest absolute Gasteiger partial charge is 0.497 e. The van der Waals surface area contributed by atoms with E-state index >= 15 is 0 Å². The average Bonchev–Trinajstić information content (AvgIpc) is 2.47. The molecule has 1 aliphatic rings. The molecule has 1 aromatic carbocycles. The van der Waals surface area contributed by atoms with Crippen molar-refractivity contribution in [2.75, 3.05) is 38.2 Å². The Bertz CT molecular complexity index is 597. The summed E-state index contributed by atoms with van der Waals surface area (Å²) in [5.41, 5.74) is 2.01. The highest BCUT2D eigenvalue weighted by Gasteiger charge is 2.17. The molecule has 3 rings (SSSR count). The Morgan fingerprint density at radius 3 is 2.84 bits per heavy atom. The molecule has 2 heterocycles. The SMILES string of the molecule is COc1ccc2ncc(Cl)c(N3CCNCC3)c2c1. The van der Waals surface area contributed by atoms with E-state index in [0.717, 1.165) is 48.5 Å². The van der Waals surface area contributed by atoms with Gasteiger partial charge in [0.1, 0.15) is 5.75 Å². The molecule has 1 fully saturated rings. The summed E-state index contributed by atoms with van der Waals surface area (Å²) in [5.74, 6) is 0.827. The van der Waals surface area contributed by atoms with E-state index in [1.807, 2.05) is 18.2 Å². The van der Waals surface area contributed by atoms with Gasteiger partial charge in [-0.25, -0.2) is 0 Å². The molecular weight excluding hydrogens is 262 g/mol. The van der Waals surface area contributed by atoms with Crippen LogP contribution in [0.3, 0.4) is 0 Å². The predicted octanol–water partition coefficient (Wildman–Crippen LogP) is 2.31. The monoisotopic (exact) mass is 277 g/mol. The lowest BCUT2D eigenvalue weighted by molar-refractivity contribution is 0.415. The maximum absolute atomic E-state index is 6.37. The summed E-state index contributed by atoms with van der Waals surface area (Å²) in [6, 6.07) is 5.90. The average molecular weight is 278 g/mol. The lowest BCUT2D eigenvalue weighted by Crippen LogP contribution is -2.43. The number of pyridine rings is 1. The van der Waals surface area contributed by atoms with Gasteiger partial charge in [0.05, 0.1) is 23.3 Å². The summed E-state index contributed by atoms with van der Waals surface area (Å²) >= 11 is 6.37. The molecule has 0 bridgehead atoms. The number of fused-ring (bicyclic) bond motifs is 1. The van der Waals surface area contributed by atoms with Crippen LogP contribution in [0.25, 0.3) is 10.9 Å². The molecular formula is C14H16ClN3O. The van der Waals surface area contributed by atoms with Crippen molar-refractivity contribution in [1.82, 2.24) is 10.3 Å². The first-order chi connectivity index (χ1) is 9.29. The number of rotatable bonds is 2. The number of benzene rings is 1. The Morgan fingerprint density at radius 1 is 1.32 bits per heavy atom. The van der Waals surface area contributed by atoms with E-state index < -0.39 is 0 Å². The molecule has 0 amide bonds. The molecule has 0 unspecified atom stereocenters. The fourth-order valence-electron chi connectivity index (χ4n) is 2.47. The Kier molecular flexibility index (Phi) is 3.44. The van der Waals surface area contributed by atoms with Gasteiger partial charge in [-0.3, -0.25) is 4.98 Å². The summed E-state index contributed by atoms with van der Waals surface area (Å²) < 4.78 is 5.30. The zero-order valence-electron chi connectivity index (χ0n) is 10.8. The van der Waals surface area contributed by atoms with Gasteiger partial charge < -0.3 is 15.0 Å². The van der Waals surface area contributed by atoms with Crippen LogP contribution in [0.4, 0.5) is 5.69 Å². The van der Waals surface area contributed by atoms with Crippen molar-refractivity contribution in [2.45, 2.75) is 0 Å². The summed E-state index contributed by atoms with van der Waals surface area (Å²) in [6.45, 7) is 3.86. The molecule has 1 saturated heterocycles. The van der Waals surface area contributed by atoms with Crippen LogP contribution in [-0.4, -0.2) is 38.3 Å². The first-order valence-electron chi connectivity index (χ1n) is 6.37. The smallest absolute Gasteiger partial charge is 0.119 e. The van der Waals surface area contributed by atoms with E-state index in [-0.39, 0.29) is 0 Å². The number of halogens is 1. The molecule has 2 aromatic rings. The van der Waals surface area contributed by atoms with Crippen molar-refractivity contribution >= 4 is 28.2 Å². The highest BCUT2D eigenvalue weighted by molar-refractivity contribution is 6.34. The maximum atomic E-state index is 6.37. The van der Waals surface area contributed by atoms with Gasteiger partial charge in [0.15, 0.2) is 0 Å². The van der Waals surface area contributed by atoms with Crippen LogP contribution in [0.2, 0.25) is 5.02 Å². The maximum Gasteiger partial charge on any atom is 0.119 e. The van der Waals surface area contributed by atoms with Crippen LogP contribution in [0.15, 0.2) is 24.4 Å². The summed E-state index contributed by atoms with van der Waals surface area (Å²) in [4.78, 5) is 6.69. The number of hydrogen-bond acceptors (Lipinski definition) is 4. The molecule has 1 N–H and O–H groups in total. The standard InChI is InChI=1S/C14H16ClN3O/c1-19-10-2-3-13-11(8-10)14(12(15)9-17-13)18-6-4-16-5-7-18/h2-3,8-9,16H,4-7H2,1H3. The van der Waals surface area contributed by atoms with Crippen molar-refractivity contribution in [2.24, 2.45) is 0 Å². The lowest BCUT2D eigenvalue weighted by atomic mass is 10.1. The van der Waals surface area contributed by atoms with Gasteiger partial charge in [-0.1, -0.05) is 11.6 Å². The molecule has 1 aromatic heterocycles. The quantitative estimate of drug-likeness (QED) is 0.914. The topological polar surface area (TPSA) is 37.4 Å². The molecule has 100 valence electrons. The van der Waals surface area contributed by atoms with Gasteiger partial charge in [0.25, 0.3) is 0 Å². The second-order valence-electron chi connectivity index (χ2n) is 4.57. The number of ether oxygens (including phenoxy) is 1. The van der Waals surface area contributed by atoms with E-state index in [0.29, 0.717) is 5.02 Å². The minimum Gasteiger partial charge on any atom is -0.497 e. The summed E-state index contributed by atoms with van der Waals surface area (Å²) in [7, 11) is 1.67. The van der Waals surface area contributed by atoms with Crippen LogP contribution in [0.5, 0.6) is 5.75 Å². The Balaban J connectivity index is 2.16. The van der Waals surface area contributed by atoms with Crippen molar-refractivity contribution < 1.29 is 4.74 Å². The molecule has 0 aliphatic carbocycles. The number of nitrogens with zero attached hydrogens (tertiary/aromatic N) is 2. The van der Waals surface area contributed by atoms with Crippen molar-refractivity contribution in [3.8, 4) is 5.75 Å². The Labute approximate surface area is 117 Å². The van der Waals surface area contributed by atoms with Gasteiger partial charge in [-0.05, 0) is 18.2 Å². The highest BCUT2D eigenvalue weighted by atomic mass is 35.5. The normalized spacial score (nSPS) is 15.8. The fourth-order valence-corrected chi connectivity index (χ4v) is 2.74. The van der Waals surface area contributed by atoms with E-state index in [4.69, 9.17) is 16.3 Å². The number of piperazine rings is 1. The number of hydrogen-bond donors (Lipinski definition) is 1. The van der Waals surface area contributed by atoms with E-state index in [1.165, 1.54) is 0 Å². The molecule has 0 atom stereocenters. The van der Waals surface area contributed by atoms with Gasteiger partial charge in [-0.15, -0.1) is 0 Å². The van der Waals surface area contributed by atoms with Gasteiger partial charge in [0.2, 0.25) is 0 Å². The third-order valence-corrected chi connectivity index (χ3v) is 3.71. The van der Waals surface area contributed by atoms with Crippen molar-refractivity contribution in [3.63, 3.8) is 0 Å². The fraction of sp³-hybridized carbons (Fsp3) is 0.357. The first-order valence-corrected chi connectivity index (χ1v) is 6.75. The Morgan fingerprint density at radius 2 is 2.11 bits per heavy atom. The third-order valence-electron chi connectivity index (χ3n) is 3.44. The minimum absolute atomic E-state index is 0.697. The van der Waals surface area contributed by atoms with Gasteiger partial charge in [-0.2, -0.15) is 0 Å². The zero-order valence-corrected chi connectivity index (χ0v) is 11.6. The summed E-state index contributed by atoms with van der Waals surface area (Å²) in [6.07, 6.45) is 1.73. The van der Waals surface area contributed by atoms with Crippen molar-refractivity contribution in [3.05, 3.63) is 29.4 Å². The molecule has 5 heteroatoms. The molecule has 0 spiro atoms. The molecule has 0 radical (unpaired) electrons. The van der Waals surface area contributed by atoms with E-state index in [9.17, 15) is 0 Å². The van der Waals surface area contributed by atoms with Crippen LogP contribution in [0.1, 0.15) is 0 Å². The number of methoxy groups -OCH3 is 1. The van der Waals surface area contributed by atoms with Gasteiger partial charge >= 0.3 is 0 Å². The third kappa shape index (κ3) is 2.33. The highest BCUT2D eigenvalue weighted by Crippen LogP contribution is 2.35. The van der Waals surface area contributed by atoms with Crippen LogP contribution in [0, 0.1) is 0 Å². The van der Waals surface area contributed by atoms with Crippen molar-refractivity contribution in [1.29, 1.82) is 0 Å². The molecule has 0 saturated carbocycles. The predicted molar refractivity (Wildman–Crippen MR) is 78.4 cm³/mol. The Hall–Kier alpha value is -1.52. The first kappa shape index (κ1) is 12.5.